The number of rotatable bonds is 6. The van der Waals surface area contributed by atoms with Crippen molar-refractivity contribution < 1.29 is 10.2 Å². The van der Waals surface area contributed by atoms with Crippen LogP contribution in [0.3, 0.4) is 0 Å². The van der Waals surface area contributed by atoms with Gasteiger partial charge in [-0.1, -0.05) is 60.7 Å². The molecule has 2 atom stereocenters. The molecule has 4 nitrogen and oxygen atoms in total. The molecule has 0 spiro atoms. The summed E-state index contributed by atoms with van der Waals surface area (Å²) in [6, 6.07) is 18.1. The zero-order valence-electron chi connectivity index (χ0n) is 11.6. The van der Waals surface area contributed by atoms with Crippen LogP contribution in [0.15, 0.2) is 60.7 Å². The molecular weight excluding hydrogens is 284 g/mol. The van der Waals surface area contributed by atoms with Crippen molar-refractivity contribution in [1.29, 1.82) is 0 Å². The van der Waals surface area contributed by atoms with Crippen LogP contribution in [0.5, 0.6) is 0 Å². The van der Waals surface area contributed by atoms with E-state index in [4.69, 9.17) is 11.5 Å². The van der Waals surface area contributed by atoms with E-state index in [-0.39, 0.29) is 11.5 Å². The molecule has 0 aromatic heterocycles. The molecule has 2 rings (SSSR count). The van der Waals surface area contributed by atoms with E-state index in [2.05, 4.69) is 0 Å². The first kappa shape index (κ1) is 16.0. The highest BCUT2D eigenvalue weighted by molar-refractivity contribution is 7.99. The molecule has 21 heavy (non-hydrogen) atoms. The van der Waals surface area contributed by atoms with Crippen molar-refractivity contribution >= 4 is 11.8 Å². The smallest absolute Gasteiger partial charge is 0.148 e. The maximum Gasteiger partial charge on any atom is 0.148 e. The second kappa shape index (κ2) is 6.60. The monoisotopic (exact) mass is 304 g/mol. The molecule has 5 heteroatoms. The van der Waals surface area contributed by atoms with Crippen LogP contribution < -0.4 is 11.5 Å². The molecular formula is C16H20N2O2S. The fourth-order valence-corrected chi connectivity index (χ4v) is 3.04. The Kier molecular flexibility index (Phi) is 5.03. The quantitative estimate of drug-likeness (QED) is 0.604. The van der Waals surface area contributed by atoms with E-state index in [1.807, 2.05) is 36.4 Å². The summed E-state index contributed by atoms with van der Waals surface area (Å²) < 4.78 is 0. The van der Waals surface area contributed by atoms with Crippen molar-refractivity contribution in [1.82, 2.24) is 0 Å². The second-order valence-electron chi connectivity index (χ2n) is 5.07. The first-order valence-corrected chi connectivity index (χ1v) is 7.79. The van der Waals surface area contributed by atoms with Gasteiger partial charge < -0.3 is 10.2 Å². The summed E-state index contributed by atoms with van der Waals surface area (Å²) in [7, 11) is 0. The lowest BCUT2D eigenvalue weighted by molar-refractivity contribution is 0.0644. The molecule has 2 aromatic carbocycles. The van der Waals surface area contributed by atoms with Gasteiger partial charge in [0.2, 0.25) is 0 Å². The van der Waals surface area contributed by atoms with Gasteiger partial charge >= 0.3 is 0 Å². The van der Waals surface area contributed by atoms with Gasteiger partial charge in [0, 0.05) is 11.5 Å². The lowest BCUT2D eigenvalue weighted by atomic mass is 10.1. The molecule has 6 N–H and O–H groups in total. The van der Waals surface area contributed by atoms with Crippen LogP contribution in [-0.4, -0.2) is 21.7 Å². The molecule has 0 aliphatic carbocycles. The SMILES string of the molecule is NC(O)(CSCC(N)(O)c1ccccc1)c1ccccc1. The number of aliphatic hydroxyl groups is 2. The Labute approximate surface area is 128 Å². The minimum atomic E-state index is -1.45. The van der Waals surface area contributed by atoms with Gasteiger partial charge in [0.15, 0.2) is 0 Å². The molecule has 0 radical (unpaired) electrons. The Morgan fingerprint density at radius 2 is 1.05 bits per heavy atom. The summed E-state index contributed by atoms with van der Waals surface area (Å²) in [5.41, 5.74) is 10.2. The highest BCUT2D eigenvalue weighted by Gasteiger charge is 2.28. The molecule has 0 bridgehead atoms. The van der Waals surface area contributed by atoms with E-state index in [0.29, 0.717) is 11.1 Å². The van der Waals surface area contributed by atoms with Crippen LogP contribution in [0, 0.1) is 0 Å². The Bertz CT molecular complexity index is 508. The maximum atomic E-state index is 10.3. The van der Waals surface area contributed by atoms with Crippen molar-refractivity contribution in [3.63, 3.8) is 0 Å². The summed E-state index contributed by atoms with van der Waals surface area (Å²) in [5, 5.41) is 20.6. The van der Waals surface area contributed by atoms with Crippen molar-refractivity contribution in [2.45, 2.75) is 11.4 Å². The largest absolute Gasteiger partial charge is 0.371 e. The maximum absolute atomic E-state index is 10.3. The normalized spacial score (nSPS) is 17.0. The van der Waals surface area contributed by atoms with Gasteiger partial charge in [-0.05, 0) is 11.1 Å². The van der Waals surface area contributed by atoms with Crippen LogP contribution in [0.2, 0.25) is 0 Å². The van der Waals surface area contributed by atoms with Gasteiger partial charge in [0.25, 0.3) is 0 Å². The lowest BCUT2D eigenvalue weighted by Crippen LogP contribution is -2.42. The predicted molar refractivity (Wildman–Crippen MR) is 86.4 cm³/mol. The van der Waals surface area contributed by atoms with Gasteiger partial charge in [0.05, 0.1) is 0 Å². The summed E-state index contributed by atoms with van der Waals surface area (Å²) in [4.78, 5) is 0. The number of hydrogen-bond acceptors (Lipinski definition) is 5. The van der Waals surface area contributed by atoms with Crippen molar-refractivity contribution in [2.75, 3.05) is 11.5 Å². The molecule has 0 heterocycles. The fraction of sp³-hybridized carbons (Fsp3) is 0.250. The summed E-state index contributed by atoms with van der Waals surface area (Å²) >= 11 is 1.31. The van der Waals surface area contributed by atoms with Crippen molar-refractivity contribution in [2.24, 2.45) is 11.5 Å². The topological polar surface area (TPSA) is 92.5 Å². The highest BCUT2D eigenvalue weighted by atomic mass is 32.2. The fourth-order valence-electron chi connectivity index (χ4n) is 1.98. The summed E-state index contributed by atoms with van der Waals surface area (Å²) in [6.07, 6.45) is 0. The van der Waals surface area contributed by atoms with E-state index in [0.717, 1.165) is 0 Å². The van der Waals surface area contributed by atoms with Crippen LogP contribution in [0.25, 0.3) is 0 Å². The Morgan fingerprint density at radius 1 is 0.714 bits per heavy atom. The number of hydrogen-bond donors (Lipinski definition) is 4. The summed E-state index contributed by atoms with van der Waals surface area (Å²) in [5.74, 6) is 0.479. The lowest BCUT2D eigenvalue weighted by Gasteiger charge is -2.27. The number of benzene rings is 2. The van der Waals surface area contributed by atoms with Crippen molar-refractivity contribution in [3.8, 4) is 0 Å². The van der Waals surface area contributed by atoms with Gasteiger partial charge in [-0.3, -0.25) is 11.5 Å². The third-order valence-corrected chi connectivity index (χ3v) is 4.48. The Balaban J connectivity index is 1.95. The van der Waals surface area contributed by atoms with Crippen molar-refractivity contribution in [3.05, 3.63) is 71.8 Å². The zero-order valence-corrected chi connectivity index (χ0v) is 12.5. The standard InChI is InChI=1S/C16H20N2O2S/c17-15(19,13-7-3-1-4-8-13)11-21-12-16(18,20)14-9-5-2-6-10-14/h1-10,19-20H,11-12,17-18H2. The van der Waals surface area contributed by atoms with Gasteiger partial charge in [-0.15, -0.1) is 0 Å². The Morgan fingerprint density at radius 3 is 1.38 bits per heavy atom. The average Bonchev–Trinajstić information content (AvgIpc) is 2.49. The highest BCUT2D eigenvalue weighted by Crippen LogP contribution is 2.25. The van der Waals surface area contributed by atoms with Crippen LogP contribution in [-0.2, 0) is 11.4 Å². The predicted octanol–water partition coefficient (Wildman–Crippen LogP) is 1.33. The van der Waals surface area contributed by atoms with Crippen LogP contribution in [0.4, 0.5) is 0 Å². The number of thioether (sulfide) groups is 1. The van der Waals surface area contributed by atoms with Gasteiger partial charge in [-0.25, -0.2) is 0 Å². The molecule has 0 aliphatic rings. The summed E-state index contributed by atoms with van der Waals surface area (Å²) in [6.45, 7) is 0. The van der Waals surface area contributed by atoms with E-state index in [1.165, 1.54) is 11.8 Å². The van der Waals surface area contributed by atoms with Crippen LogP contribution in [0.1, 0.15) is 11.1 Å². The number of nitrogens with two attached hydrogens (primary N) is 2. The third kappa shape index (κ3) is 4.30. The average molecular weight is 304 g/mol. The molecule has 0 saturated carbocycles. The molecule has 2 aromatic rings. The Hall–Kier alpha value is -1.37. The molecule has 0 saturated heterocycles. The minimum Gasteiger partial charge on any atom is -0.371 e. The van der Waals surface area contributed by atoms with E-state index in [9.17, 15) is 10.2 Å². The zero-order chi connectivity index (χ0) is 15.3. The van der Waals surface area contributed by atoms with E-state index < -0.39 is 11.4 Å². The minimum absolute atomic E-state index is 0.239. The molecule has 0 aliphatic heterocycles. The first-order valence-electron chi connectivity index (χ1n) is 6.63. The van der Waals surface area contributed by atoms with Crippen LogP contribution >= 0.6 is 11.8 Å². The van der Waals surface area contributed by atoms with E-state index in [1.54, 1.807) is 24.3 Å². The van der Waals surface area contributed by atoms with Gasteiger partial charge in [0.1, 0.15) is 11.4 Å². The van der Waals surface area contributed by atoms with E-state index >= 15 is 0 Å². The van der Waals surface area contributed by atoms with Gasteiger partial charge in [-0.2, -0.15) is 11.8 Å². The third-order valence-electron chi connectivity index (χ3n) is 3.19. The molecule has 0 fully saturated rings. The first-order chi connectivity index (χ1) is 9.92. The molecule has 112 valence electrons. The second-order valence-corrected chi connectivity index (χ2v) is 6.06. The molecule has 2 unspecified atom stereocenters. The molecule has 0 amide bonds.